The summed E-state index contributed by atoms with van der Waals surface area (Å²) in [6.45, 7) is 5.74. The summed E-state index contributed by atoms with van der Waals surface area (Å²) in [5.74, 6) is 0.672. The van der Waals surface area contributed by atoms with E-state index in [1.807, 2.05) is 27.7 Å². The standard InChI is InChI=1S/C31H39N7O3S/c1-20-27-11-9-23(31(39)35-12-4-5-24(32)17-35)16-38(27)33-30(20)29-13-22-8-10-25(14-28(22)37(29)15-21-6-7-21)36-18-26(19-36)34(2)42(3,40)41/h8-11,13-14,16,21,24,26H,4-7,12,15,17-19,32H2,1-3H3/t24-/m1/s1. The third-order valence-electron chi connectivity index (χ3n) is 9.40. The second-order valence-corrected chi connectivity index (χ2v) is 14.6. The molecule has 3 fully saturated rings. The zero-order chi connectivity index (χ0) is 29.3. The van der Waals surface area contributed by atoms with E-state index in [9.17, 15) is 13.2 Å². The molecule has 10 nitrogen and oxygen atoms in total. The van der Waals surface area contributed by atoms with Crippen LogP contribution in [0.3, 0.4) is 0 Å². The predicted molar refractivity (Wildman–Crippen MR) is 165 cm³/mol. The van der Waals surface area contributed by atoms with Gasteiger partial charge in [-0.2, -0.15) is 9.40 Å². The maximum absolute atomic E-state index is 13.3. The van der Waals surface area contributed by atoms with Gasteiger partial charge in [0.1, 0.15) is 5.69 Å². The van der Waals surface area contributed by atoms with Crippen molar-refractivity contribution in [1.82, 2.24) is 23.4 Å². The van der Waals surface area contributed by atoms with E-state index in [1.54, 1.807) is 7.05 Å². The molecular weight excluding hydrogens is 550 g/mol. The van der Waals surface area contributed by atoms with E-state index in [2.05, 4.69) is 40.7 Å². The van der Waals surface area contributed by atoms with Crippen molar-refractivity contribution in [3.8, 4) is 11.4 Å². The molecule has 4 aromatic rings. The third-order valence-corrected chi connectivity index (χ3v) is 10.7. The number of benzene rings is 1. The van der Waals surface area contributed by atoms with Crippen molar-refractivity contribution in [2.45, 2.75) is 51.2 Å². The summed E-state index contributed by atoms with van der Waals surface area (Å²) in [6.07, 6.45) is 7.48. The number of pyridine rings is 1. The first-order chi connectivity index (χ1) is 20.1. The normalized spacial score (nSPS) is 20.2. The van der Waals surface area contributed by atoms with E-state index >= 15 is 0 Å². The number of hydrogen-bond donors (Lipinski definition) is 1. The SMILES string of the molecule is Cc1c(-c2cc3ccc(N4CC(N(C)S(C)(=O)=O)C4)cc3n2CC2CC2)nn2cc(C(=O)N3CCC[C@@H](N)C3)ccc12. The average Bonchev–Trinajstić information content (AvgIpc) is 3.61. The number of anilines is 1. The molecule has 2 N–H and O–H groups in total. The number of sulfonamides is 1. The van der Waals surface area contributed by atoms with Crippen LogP contribution < -0.4 is 10.6 Å². The molecule has 0 spiro atoms. The lowest BCUT2D eigenvalue weighted by atomic mass is 10.1. The van der Waals surface area contributed by atoms with Crippen molar-refractivity contribution in [2.75, 3.05) is 44.4 Å². The van der Waals surface area contributed by atoms with Crippen LogP contribution in [0.4, 0.5) is 5.69 Å². The number of likely N-dealkylation sites (N-methyl/N-ethyl adjacent to an activating group) is 1. The number of likely N-dealkylation sites (tertiary alicyclic amines) is 1. The van der Waals surface area contributed by atoms with Crippen molar-refractivity contribution in [3.63, 3.8) is 0 Å². The zero-order valence-corrected chi connectivity index (χ0v) is 25.3. The van der Waals surface area contributed by atoms with Crippen molar-refractivity contribution >= 4 is 38.0 Å². The smallest absolute Gasteiger partial charge is 0.255 e. The van der Waals surface area contributed by atoms with E-state index in [-0.39, 0.29) is 18.0 Å². The minimum atomic E-state index is -3.21. The largest absolute Gasteiger partial charge is 0.368 e. The number of carbonyl (C=O) groups excluding carboxylic acids is 1. The summed E-state index contributed by atoms with van der Waals surface area (Å²) in [6, 6.07) is 12.7. The van der Waals surface area contributed by atoms with Crippen molar-refractivity contribution in [2.24, 2.45) is 11.7 Å². The molecule has 2 saturated heterocycles. The summed E-state index contributed by atoms with van der Waals surface area (Å²) in [4.78, 5) is 17.4. The molecule has 42 heavy (non-hydrogen) atoms. The Morgan fingerprint density at radius 1 is 1.07 bits per heavy atom. The second-order valence-electron chi connectivity index (χ2n) is 12.5. The lowest BCUT2D eigenvalue weighted by Crippen LogP contribution is -2.59. The number of aryl methyl sites for hydroxylation is 1. The molecule has 2 aliphatic heterocycles. The van der Waals surface area contributed by atoms with Gasteiger partial charge in [0.15, 0.2) is 0 Å². The van der Waals surface area contributed by atoms with Gasteiger partial charge in [-0.05, 0) is 68.9 Å². The Morgan fingerprint density at radius 3 is 2.57 bits per heavy atom. The molecule has 1 amide bonds. The van der Waals surface area contributed by atoms with Crippen LogP contribution in [-0.4, -0.2) is 89.3 Å². The molecule has 7 rings (SSSR count). The maximum atomic E-state index is 13.3. The summed E-state index contributed by atoms with van der Waals surface area (Å²) in [5, 5.41) is 6.19. The number of aromatic nitrogens is 3. The molecule has 222 valence electrons. The van der Waals surface area contributed by atoms with Crippen LogP contribution in [-0.2, 0) is 16.6 Å². The quantitative estimate of drug-likeness (QED) is 0.354. The van der Waals surface area contributed by atoms with Gasteiger partial charge in [0.25, 0.3) is 5.91 Å². The van der Waals surface area contributed by atoms with Crippen LogP contribution in [0.15, 0.2) is 42.6 Å². The van der Waals surface area contributed by atoms with E-state index in [1.165, 1.54) is 28.9 Å². The highest BCUT2D eigenvalue weighted by atomic mass is 32.2. The van der Waals surface area contributed by atoms with Crippen molar-refractivity contribution in [1.29, 1.82) is 0 Å². The number of piperidine rings is 1. The highest BCUT2D eigenvalue weighted by molar-refractivity contribution is 7.88. The third kappa shape index (κ3) is 4.87. The molecule has 5 heterocycles. The molecule has 0 unspecified atom stereocenters. The number of hydrogen-bond acceptors (Lipinski definition) is 6. The number of fused-ring (bicyclic) bond motifs is 2. The van der Waals surface area contributed by atoms with E-state index in [0.717, 1.165) is 59.5 Å². The fourth-order valence-corrected chi connectivity index (χ4v) is 7.15. The Balaban J connectivity index is 1.22. The van der Waals surface area contributed by atoms with Gasteiger partial charge in [0.05, 0.1) is 34.6 Å². The van der Waals surface area contributed by atoms with Gasteiger partial charge in [-0.3, -0.25) is 4.79 Å². The molecule has 1 aliphatic carbocycles. The summed E-state index contributed by atoms with van der Waals surface area (Å²) in [7, 11) is -1.55. The van der Waals surface area contributed by atoms with Crippen LogP contribution in [0, 0.1) is 12.8 Å². The van der Waals surface area contributed by atoms with E-state index in [0.29, 0.717) is 31.1 Å². The molecule has 1 atom stereocenters. The van der Waals surface area contributed by atoms with Crippen LogP contribution in [0.25, 0.3) is 27.8 Å². The van der Waals surface area contributed by atoms with Crippen LogP contribution in [0.5, 0.6) is 0 Å². The van der Waals surface area contributed by atoms with Crippen LogP contribution >= 0.6 is 0 Å². The lowest BCUT2D eigenvalue weighted by Gasteiger charge is -2.44. The fourth-order valence-electron chi connectivity index (χ4n) is 6.48. The number of nitrogens with zero attached hydrogens (tertiary/aromatic N) is 6. The molecular formula is C31H39N7O3S. The van der Waals surface area contributed by atoms with Gasteiger partial charge < -0.3 is 20.1 Å². The van der Waals surface area contributed by atoms with Gasteiger partial charge >= 0.3 is 0 Å². The van der Waals surface area contributed by atoms with Crippen molar-refractivity contribution in [3.05, 3.63) is 53.7 Å². The predicted octanol–water partition coefficient (Wildman–Crippen LogP) is 3.32. The fraction of sp³-hybridized carbons (Fsp3) is 0.484. The van der Waals surface area contributed by atoms with Crippen molar-refractivity contribution < 1.29 is 13.2 Å². The van der Waals surface area contributed by atoms with Crippen LogP contribution in [0.2, 0.25) is 0 Å². The number of rotatable bonds is 7. The number of nitrogens with two attached hydrogens (primary N) is 1. The Labute approximate surface area is 246 Å². The monoisotopic (exact) mass is 589 g/mol. The Hall–Kier alpha value is -3.41. The minimum absolute atomic E-state index is 0.00597. The molecule has 3 aromatic heterocycles. The Bertz CT molecular complexity index is 1800. The molecule has 1 aromatic carbocycles. The molecule has 1 saturated carbocycles. The number of amides is 1. The molecule has 3 aliphatic rings. The van der Waals surface area contributed by atoms with Gasteiger partial charge in [0, 0.05) is 68.6 Å². The first-order valence-electron chi connectivity index (χ1n) is 14.9. The molecule has 0 radical (unpaired) electrons. The van der Waals surface area contributed by atoms with Gasteiger partial charge in [-0.25, -0.2) is 12.9 Å². The first kappa shape index (κ1) is 27.4. The van der Waals surface area contributed by atoms with Gasteiger partial charge in [0.2, 0.25) is 10.0 Å². The van der Waals surface area contributed by atoms with Crippen LogP contribution in [0.1, 0.15) is 41.6 Å². The topological polar surface area (TPSA) is 109 Å². The highest BCUT2D eigenvalue weighted by Gasteiger charge is 2.34. The van der Waals surface area contributed by atoms with Gasteiger partial charge in [-0.1, -0.05) is 6.07 Å². The van der Waals surface area contributed by atoms with Gasteiger partial charge in [-0.15, -0.1) is 0 Å². The highest BCUT2D eigenvalue weighted by Crippen LogP contribution is 2.38. The summed E-state index contributed by atoms with van der Waals surface area (Å²) < 4.78 is 29.7. The molecule has 0 bridgehead atoms. The Morgan fingerprint density at radius 2 is 1.86 bits per heavy atom. The van der Waals surface area contributed by atoms with E-state index < -0.39 is 10.0 Å². The number of carbonyl (C=O) groups is 1. The Kier molecular flexibility index (Phi) is 6.59. The molecule has 11 heteroatoms. The van der Waals surface area contributed by atoms with E-state index in [4.69, 9.17) is 10.8 Å². The maximum Gasteiger partial charge on any atom is 0.255 e. The first-order valence-corrected chi connectivity index (χ1v) is 16.8. The zero-order valence-electron chi connectivity index (χ0n) is 24.5. The second kappa shape index (κ2) is 10.1. The minimum Gasteiger partial charge on any atom is -0.368 e. The summed E-state index contributed by atoms with van der Waals surface area (Å²) >= 11 is 0. The lowest BCUT2D eigenvalue weighted by molar-refractivity contribution is 0.0708. The average molecular weight is 590 g/mol. The summed E-state index contributed by atoms with van der Waals surface area (Å²) in [5.41, 5.74) is 13.1.